The van der Waals surface area contributed by atoms with E-state index < -0.39 is 6.04 Å². The van der Waals surface area contributed by atoms with Gasteiger partial charge in [-0.1, -0.05) is 20.8 Å². The first kappa shape index (κ1) is 13.8. The number of carbonyl (C=O) groups excluding carboxylic acids is 1. The van der Waals surface area contributed by atoms with Gasteiger partial charge >= 0.3 is 0 Å². The van der Waals surface area contributed by atoms with Gasteiger partial charge in [-0.05, 0) is 31.4 Å². The summed E-state index contributed by atoms with van der Waals surface area (Å²) in [5.74, 6) is 1.43. The quantitative estimate of drug-likeness (QED) is 0.847. The van der Waals surface area contributed by atoms with Crippen LogP contribution in [0.15, 0.2) is 16.5 Å². The lowest BCUT2D eigenvalue weighted by atomic mass is 9.87. The Morgan fingerprint density at radius 2 is 2.00 bits per heavy atom. The molecule has 4 heteroatoms. The SMILES string of the molecule is Cc1ccc(C(C)NC(=O)[C@H](N)C(C)(C)C)o1. The van der Waals surface area contributed by atoms with Crippen molar-refractivity contribution in [3.63, 3.8) is 0 Å². The summed E-state index contributed by atoms with van der Waals surface area (Å²) in [5, 5.41) is 2.86. The van der Waals surface area contributed by atoms with Gasteiger partial charge in [0.05, 0.1) is 12.1 Å². The van der Waals surface area contributed by atoms with Gasteiger partial charge in [0.1, 0.15) is 11.5 Å². The molecule has 1 rings (SSSR count). The van der Waals surface area contributed by atoms with Gasteiger partial charge in [-0.3, -0.25) is 4.79 Å². The second-order valence-electron chi connectivity index (χ2n) is 5.52. The Kier molecular flexibility index (Phi) is 3.98. The predicted octanol–water partition coefficient (Wildman–Crippen LogP) is 2.14. The van der Waals surface area contributed by atoms with E-state index in [4.69, 9.17) is 10.2 Å². The molecule has 0 saturated heterocycles. The van der Waals surface area contributed by atoms with Crippen LogP contribution >= 0.6 is 0 Å². The number of nitrogens with two attached hydrogens (primary N) is 1. The highest BCUT2D eigenvalue weighted by Crippen LogP contribution is 2.20. The highest BCUT2D eigenvalue weighted by molar-refractivity contribution is 5.82. The zero-order valence-corrected chi connectivity index (χ0v) is 11.2. The molecule has 0 aliphatic rings. The van der Waals surface area contributed by atoms with Crippen molar-refractivity contribution in [1.82, 2.24) is 5.32 Å². The third-order valence-corrected chi connectivity index (χ3v) is 2.76. The Balaban J connectivity index is 2.63. The summed E-state index contributed by atoms with van der Waals surface area (Å²) < 4.78 is 5.46. The van der Waals surface area contributed by atoms with E-state index in [2.05, 4.69) is 5.32 Å². The minimum Gasteiger partial charge on any atom is -0.464 e. The van der Waals surface area contributed by atoms with E-state index >= 15 is 0 Å². The fraction of sp³-hybridized carbons (Fsp3) is 0.615. The Bertz CT molecular complexity index is 390. The molecule has 1 amide bonds. The first-order valence-corrected chi connectivity index (χ1v) is 5.84. The van der Waals surface area contributed by atoms with E-state index in [1.807, 2.05) is 46.8 Å². The number of hydrogen-bond acceptors (Lipinski definition) is 3. The average Bonchev–Trinajstić information content (AvgIpc) is 2.62. The molecule has 0 aliphatic carbocycles. The van der Waals surface area contributed by atoms with Crippen molar-refractivity contribution in [3.05, 3.63) is 23.7 Å². The largest absolute Gasteiger partial charge is 0.464 e. The van der Waals surface area contributed by atoms with E-state index in [1.165, 1.54) is 0 Å². The number of aryl methyl sites for hydroxylation is 1. The molecule has 17 heavy (non-hydrogen) atoms. The van der Waals surface area contributed by atoms with Crippen LogP contribution in [-0.4, -0.2) is 11.9 Å². The molecular formula is C13H22N2O2. The molecule has 1 unspecified atom stereocenters. The fourth-order valence-corrected chi connectivity index (χ4v) is 1.45. The number of hydrogen-bond donors (Lipinski definition) is 2. The van der Waals surface area contributed by atoms with Gasteiger partial charge in [0.25, 0.3) is 0 Å². The molecular weight excluding hydrogens is 216 g/mol. The maximum Gasteiger partial charge on any atom is 0.238 e. The summed E-state index contributed by atoms with van der Waals surface area (Å²) in [6, 6.07) is 3.05. The third-order valence-electron chi connectivity index (χ3n) is 2.76. The van der Waals surface area contributed by atoms with Gasteiger partial charge in [0.15, 0.2) is 0 Å². The monoisotopic (exact) mass is 238 g/mol. The van der Waals surface area contributed by atoms with Gasteiger partial charge in [-0.2, -0.15) is 0 Å². The highest BCUT2D eigenvalue weighted by atomic mass is 16.3. The van der Waals surface area contributed by atoms with Crippen LogP contribution in [0.4, 0.5) is 0 Å². The van der Waals surface area contributed by atoms with Gasteiger partial charge in [0.2, 0.25) is 5.91 Å². The minimum atomic E-state index is -0.527. The first-order valence-electron chi connectivity index (χ1n) is 5.84. The molecule has 0 fully saturated rings. The van der Waals surface area contributed by atoms with E-state index in [1.54, 1.807) is 0 Å². The zero-order valence-electron chi connectivity index (χ0n) is 11.2. The lowest BCUT2D eigenvalue weighted by molar-refractivity contribution is -0.125. The number of rotatable bonds is 3. The Morgan fingerprint density at radius 3 is 2.41 bits per heavy atom. The molecule has 0 spiro atoms. The third kappa shape index (κ3) is 3.60. The standard InChI is InChI=1S/C13H22N2O2/c1-8-6-7-10(17-8)9(2)15-12(16)11(14)13(3,4)5/h6-7,9,11H,14H2,1-5H3,(H,15,16)/t9?,11-/m0/s1. The van der Waals surface area contributed by atoms with Crippen molar-refractivity contribution in [2.75, 3.05) is 0 Å². The van der Waals surface area contributed by atoms with E-state index in [0.29, 0.717) is 0 Å². The molecule has 4 nitrogen and oxygen atoms in total. The molecule has 0 saturated carbocycles. The lowest BCUT2D eigenvalue weighted by Crippen LogP contribution is -2.49. The second kappa shape index (κ2) is 4.92. The number of furan rings is 1. The number of amides is 1. The van der Waals surface area contributed by atoms with Gasteiger partial charge in [-0.25, -0.2) is 0 Å². The predicted molar refractivity (Wildman–Crippen MR) is 67.4 cm³/mol. The number of carbonyl (C=O) groups is 1. The van der Waals surface area contributed by atoms with Crippen LogP contribution in [0.5, 0.6) is 0 Å². The Labute approximate surface area is 103 Å². The van der Waals surface area contributed by atoms with Crippen LogP contribution in [0.3, 0.4) is 0 Å². The minimum absolute atomic E-state index is 0.154. The van der Waals surface area contributed by atoms with Gasteiger partial charge in [0, 0.05) is 0 Å². The van der Waals surface area contributed by atoms with E-state index in [0.717, 1.165) is 11.5 Å². The second-order valence-corrected chi connectivity index (χ2v) is 5.52. The summed E-state index contributed by atoms with van der Waals surface area (Å²) in [6.45, 7) is 9.58. The molecule has 1 aromatic heterocycles. The zero-order chi connectivity index (χ0) is 13.2. The first-order chi connectivity index (χ1) is 7.71. The Hall–Kier alpha value is -1.29. The molecule has 3 N–H and O–H groups in total. The fourth-order valence-electron chi connectivity index (χ4n) is 1.45. The van der Waals surface area contributed by atoms with Crippen molar-refractivity contribution < 1.29 is 9.21 Å². The van der Waals surface area contributed by atoms with Crippen LogP contribution in [0.1, 0.15) is 45.3 Å². The summed E-state index contributed by atoms with van der Waals surface area (Å²) in [7, 11) is 0. The molecule has 0 radical (unpaired) electrons. The van der Waals surface area contributed by atoms with Crippen LogP contribution in [-0.2, 0) is 4.79 Å². The van der Waals surface area contributed by atoms with Crippen molar-refractivity contribution in [3.8, 4) is 0 Å². The normalized spacial score (nSPS) is 15.4. The highest BCUT2D eigenvalue weighted by Gasteiger charge is 2.28. The topological polar surface area (TPSA) is 68.3 Å². The number of nitrogens with one attached hydrogen (secondary N) is 1. The molecule has 0 aliphatic heterocycles. The molecule has 1 heterocycles. The van der Waals surface area contributed by atoms with Crippen LogP contribution < -0.4 is 11.1 Å². The summed E-state index contributed by atoms with van der Waals surface area (Å²) in [6.07, 6.45) is 0. The molecule has 96 valence electrons. The molecule has 1 aromatic rings. The van der Waals surface area contributed by atoms with Crippen LogP contribution in [0, 0.1) is 12.3 Å². The van der Waals surface area contributed by atoms with E-state index in [9.17, 15) is 4.79 Å². The average molecular weight is 238 g/mol. The van der Waals surface area contributed by atoms with Crippen molar-refractivity contribution in [2.45, 2.75) is 46.7 Å². The maximum atomic E-state index is 11.9. The van der Waals surface area contributed by atoms with Crippen molar-refractivity contribution in [1.29, 1.82) is 0 Å². The van der Waals surface area contributed by atoms with Crippen molar-refractivity contribution >= 4 is 5.91 Å². The lowest BCUT2D eigenvalue weighted by Gasteiger charge is -2.27. The summed E-state index contributed by atoms with van der Waals surface area (Å²) in [4.78, 5) is 11.9. The molecule has 2 atom stereocenters. The van der Waals surface area contributed by atoms with Crippen LogP contribution in [0.2, 0.25) is 0 Å². The van der Waals surface area contributed by atoms with Gasteiger partial charge in [-0.15, -0.1) is 0 Å². The Morgan fingerprint density at radius 1 is 1.41 bits per heavy atom. The maximum absolute atomic E-state index is 11.9. The van der Waals surface area contributed by atoms with E-state index in [-0.39, 0.29) is 17.4 Å². The van der Waals surface area contributed by atoms with Crippen molar-refractivity contribution in [2.24, 2.45) is 11.1 Å². The van der Waals surface area contributed by atoms with Gasteiger partial charge < -0.3 is 15.5 Å². The molecule has 0 bridgehead atoms. The molecule has 0 aromatic carbocycles. The smallest absolute Gasteiger partial charge is 0.238 e. The summed E-state index contributed by atoms with van der Waals surface area (Å²) in [5.41, 5.74) is 5.64. The summed E-state index contributed by atoms with van der Waals surface area (Å²) >= 11 is 0. The van der Waals surface area contributed by atoms with Crippen LogP contribution in [0.25, 0.3) is 0 Å².